The molecule has 0 atom stereocenters. The third-order valence-electron chi connectivity index (χ3n) is 2.71. The van der Waals surface area contributed by atoms with Crippen LogP contribution in [0.15, 0.2) is 17.1 Å². The Morgan fingerprint density at radius 2 is 1.78 bits per heavy atom. The molecule has 0 fully saturated rings. The van der Waals surface area contributed by atoms with Crippen LogP contribution >= 0.6 is 11.6 Å². The number of hydrogen-bond donors (Lipinski definition) is 0. The molecule has 2 aromatic rings. The molecular weight excluding hydrogens is 328 g/mol. The van der Waals surface area contributed by atoms with E-state index in [0.717, 1.165) is 4.68 Å². The predicted octanol–water partition coefficient (Wildman–Crippen LogP) is 0.718. The molecule has 0 unspecified atom stereocenters. The van der Waals surface area contributed by atoms with Crippen molar-refractivity contribution in [2.24, 2.45) is 0 Å². The molecule has 0 aromatic carbocycles. The van der Waals surface area contributed by atoms with Crippen molar-refractivity contribution in [2.75, 3.05) is 34.5 Å². The van der Waals surface area contributed by atoms with Crippen LogP contribution in [0.3, 0.4) is 0 Å². The van der Waals surface area contributed by atoms with Gasteiger partial charge in [0.2, 0.25) is 11.8 Å². The first kappa shape index (κ1) is 17.0. The first-order valence-electron chi connectivity index (χ1n) is 6.47. The summed E-state index contributed by atoms with van der Waals surface area (Å²) in [5.41, 5.74) is -0.628. The normalized spacial score (nSPS) is 10.4. The fraction of sp³-hybridized carbons (Fsp3) is 0.385. The second-order valence-electron chi connectivity index (χ2n) is 4.13. The molecule has 23 heavy (non-hydrogen) atoms. The first-order valence-corrected chi connectivity index (χ1v) is 6.85. The summed E-state index contributed by atoms with van der Waals surface area (Å²) >= 11 is 6.02. The van der Waals surface area contributed by atoms with Gasteiger partial charge in [0.05, 0.1) is 33.1 Å². The molecule has 0 aliphatic heterocycles. The molecule has 0 amide bonds. The fourth-order valence-corrected chi connectivity index (χ4v) is 1.78. The summed E-state index contributed by atoms with van der Waals surface area (Å²) in [6.07, 6.45) is 1.30. The van der Waals surface area contributed by atoms with E-state index in [0.29, 0.717) is 6.61 Å². The van der Waals surface area contributed by atoms with Gasteiger partial charge in [-0.2, -0.15) is 19.7 Å². The van der Waals surface area contributed by atoms with E-state index in [1.165, 1.54) is 33.6 Å². The summed E-state index contributed by atoms with van der Waals surface area (Å²) in [5, 5.41) is 3.82. The first-order chi connectivity index (χ1) is 11.1. The van der Waals surface area contributed by atoms with Crippen LogP contribution in [0.1, 0.15) is 0 Å². The lowest BCUT2D eigenvalue weighted by Gasteiger charge is -2.10. The molecule has 2 rings (SSSR count). The van der Waals surface area contributed by atoms with Gasteiger partial charge in [-0.25, -0.2) is 0 Å². The zero-order chi connectivity index (χ0) is 16.8. The van der Waals surface area contributed by atoms with Crippen molar-refractivity contribution in [1.29, 1.82) is 0 Å². The number of hydrogen-bond acceptors (Lipinski definition) is 8. The van der Waals surface area contributed by atoms with Gasteiger partial charge in [-0.1, -0.05) is 11.6 Å². The molecule has 2 aromatic heterocycles. The van der Waals surface area contributed by atoms with Crippen molar-refractivity contribution in [3.8, 4) is 23.5 Å². The van der Waals surface area contributed by atoms with E-state index >= 15 is 0 Å². The lowest BCUT2D eigenvalue weighted by atomic mass is 10.5. The molecule has 0 bridgehead atoms. The van der Waals surface area contributed by atoms with Crippen molar-refractivity contribution in [3.63, 3.8) is 0 Å². The minimum Gasteiger partial charge on any atom is -0.488 e. The standard InChI is InChI=1S/C13H15ClN4O5/c1-20-4-5-23-8-7-15-18(12(19)11(8)14)13-16-9(21-2)6-10(17-13)22-3/h6-7H,4-5H2,1-3H3. The van der Waals surface area contributed by atoms with Crippen LogP contribution in [-0.2, 0) is 4.74 Å². The molecule has 124 valence electrons. The maximum atomic E-state index is 12.3. The summed E-state index contributed by atoms with van der Waals surface area (Å²) < 4.78 is 21.2. The molecule has 0 radical (unpaired) electrons. The summed E-state index contributed by atoms with van der Waals surface area (Å²) in [6, 6.07) is 1.47. The number of ether oxygens (including phenoxy) is 4. The van der Waals surface area contributed by atoms with Gasteiger partial charge in [0, 0.05) is 7.11 Å². The van der Waals surface area contributed by atoms with Gasteiger partial charge < -0.3 is 18.9 Å². The zero-order valence-corrected chi connectivity index (χ0v) is 13.5. The van der Waals surface area contributed by atoms with Crippen molar-refractivity contribution < 1.29 is 18.9 Å². The summed E-state index contributed by atoms with van der Waals surface area (Å²) in [7, 11) is 4.40. The smallest absolute Gasteiger partial charge is 0.296 e. The monoisotopic (exact) mass is 342 g/mol. The van der Waals surface area contributed by atoms with E-state index in [2.05, 4.69) is 15.1 Å². The van der Waals surface area contributed by atoms with Crippen LogP contribution in [-0.4, -0.2) is 54.3 Å². The van der Waals surface area contributed by atoms with E-state index in [1.807, 2.05) is 0 Å². The van der Waals surface area contributed by atoms with Crippen LogP contribution in [0.2, 0.25) is 5.02 Å². The Balaban J connectivity index is 2.41. The van der Waals surface area contributed by atoms with Gasteiger partial charge in [-0.15, -0.1) is 0 Å². The molecule has 0 saturated carbocycles. The van der Waals surface area contributed by atoms with Crippen LogP contribution < -0.4 is 19.8 Å². The third-order valence-corrected chi connectivity index (χ3v) is 3.05. The van der Waals surface area contributed by atoms with Crippen LogP contribution in [0.5, 0.6) is 17.5 Å². The highest BCUT2D eigenvalue weighted by molar-refractivity contribution is 6.31. The highest BCUT2D eigenvalue weighted by atomic mass is 35.5. The van der Waals surface area contributed by atoms with Gasteiger partial charge in [0.15, 0.2) is 10.8 Å². The highest BCUT2D eigenvalue weighted by Crippen LogP contribution is 2.20. The Hall–Kier alpha value is -2.39. The number of halogens is 1. The number of rotatable bonds is 7. The van der Waals surface area contributed by atoms with Crippen molar-refractivity contribution in [2.45, 2.75) is 0 Å². The van der Waals surface area contributed by atoms with E-state index in [-0.39, 0.29) is 35.1 Å². The van der Waals surface area contributed by atoms with E-state index in [9.17, 15) is 4.79 Å². The zero-order valence-electron chi connectivity index (χ0n) is 12.8. The predicted molar refractivity (Wildman–Crippen MR) is 80.9 cm³/mol. The van der Waals surface area contributed by atoms with Crippen molar-refractivity contribution >= 4 is 11.6 Å². The minimum atomic E-state index is -0.628. The molecule has 0 saturated heterocycles. The minimum absolute atomic E-state index is 0.0310. The molecule has 0 spiro atoms. The lowest BCUT2D eigenvalue weighted by molar-refractivity contribution is 0.146. The summed E-state index contributed by atoms with van der Waals surface area (Å²) in [5.74, 6) is 0.561. The summed E-state index contributed by atoms with van der Waals surface area (Å²) in [6.45, 7) is 0.598. The number of aromatic nitrogens is 4. The second kappa shape index (κ2) is 7.75. The quantitative estimate of drug-likeness (QED) is 0.679. The second-order valence-corrected chi connectivity index (χ2v) is 4.51. The lowest BCUT2D eigenvalue weighted by Crippen LogP contribution is -2.24. The van der Waals surface area contributed by atoms with Gasteiger partial charge >= 0.3 is 0 Å². The molecule has 10 heteroatoms. The Morgan fingerprint density at radius 1 is 1.13 bits per heavy atom. The van der Waals surface area contributed by atoms with Crippen LogP contribution in [0.25, 0.3) is 5.95 Å². The van der Waals surface area contributed by atoms with Gasteiger partial charge in [-0.3, -0.25) is 4.79 Å². The van der Waals surface area contributed by atoms with Gasteiger partial charge in [-0.05, 0) is 0 Å². The van der Waals surface area contributed by atoms with Crippen molar-refractivity contribution in [3.05, 3.63) is 27.6 Å². The van der Waals surface area contributed by atoms with Crippen molar-refractivity contribution in [1.82, 2.24) is 19.7 Å². The Morgan fingerprint density at radius 3 is 2.35 bits per heavy atom. The Kier molecular flexibility index (Phi) is 5.72. The highest BCUT2D eigenvalue weighted by Gasteiger charge is 2.15. The number of methoxy groups -OCH3 is 3. The maximum absolute atomic E-state index is 12.3. The van der Waals surface area contributed by atoms with Crippen LogP contribution in [0, 0.1) is 0 Å². The molecule has 0 aliphatic rings. The maximum Gasteiger partial charge on any atom is 0.296 e. The SMILES string of the molecule is COCCOc1cnn(-c2nc(OC)cc(OC)n2)c(=O)c1Cl. The fourth-order valence-electron chi connectivity index (χ4n) is 1.59. The van der Waals surface area contributed by atoms with E-state index < -0.39 is 5.56 Å². The van der Waals surface area contributed by atoms with Gasteiger partial charge in [0.1, 0.15) is 6.61 Å². The largest absolute Gasteiger partial charge is 0.488 e. The average Bonchev–Trinajstić information content (AvgIpc) is 2.58. The average molecular weight is 343 g/mol. The molecule has 0 N–H and O–H groups in total. The van der Waals surface area contributed by atoms with E-state index in [1.54, 1.807) is 0 Å². The Bertz CT molecular complexity index is 715. The molecule has 0 aliphatic carbocycles. The van der Waals surface area contributed by atoms with E-state index in [4.69, 9.17) is 30.5 Å². The number of nitrogens with zero attached hydrogens (tertiary/aromatic N) is 4. The Labute approximate surface area is 136 Å². The van der Waals surface area contributed by atoms with Gasteiger partial charge in [0.25, 0.3) is 11.5 Å². The summed E-state index contributed by atoms with van der Waals surface area (Å²) in [4.78, 5) is 20.4. The molecule has 9 nitrogen and oxygen atoms in total. The van der Waals surface area contributed by atoms with Crippen LogP contribution in [0.4, 0.5) is 0 Å². The molecular formula is C13H15ClN4O5. The topological polar surface area (TPSA) is 97.6 Å². The third kappa shape index (κ3) is 3.88. The molecule has 2 heterocycles.